The Hall–Kier alpha value is -1.79. The molecule has 2 rings (SSSR count). The van der Waals surface area contributed by atoms with Gasteiger partial charge in [0.15, 0.2) is 0 Å². The molecule has 0 aliphatic rings. The third-order valence-electron chi connectivity index (χ3n) is 3.71. The Bertz CT molecular complexity index is 754. The summed E-state index contributed by atoms with van der Waals surface area (Å²) >= 11 is 12.5. The summed E-state index contributed by atoms with van der Waals surface area (Å²) in [7, 11) is 0. The quantitative estimate of drug-likeness (QED) is 0.614. The Morgan fingerprint density at radius 3 is 2.30 bits per heavy atom. The van der Waals surface area contributed by atoms with E-state index in [0.29, 0.717) is 12.1 Å². The van der Waals surface area contributed by atoms with Crippen LogP contribution in [-0.2, 0) is 11.3 Å². The second kappa shape index (κ2) is 9.42. The number of aliphatic hydroxyl groups is 1. The fourth-order valence-corrected chi connectivity index (χ4v) is 2.88. The van der Waals surface area contributed by atoms with Crippen molar-refractivity contribution in [3.8, 4) is 0 Å². The summed E-state index contributed by atoms with van der Waals surface area (Å²) in [6, 6.07) is 12.5. The Morgan fingerprint density at radius 1 is 1.15 bits per heavy atom. The summed E-state index contributed by atoms with van der Waals surface area (Å²) in [4.78, 5) is 12.0. The molecular weight excluding hydrogens is 387 g/mol. The zero-order valence-electron chi connectivity index (χ0n) is 15.6. The van der Waals surface area contributed by atoms with Gasteiger partial charge in [0.1, 0.15) is 6.61 Å². The van der Waals surface area contributed by atoms with Gasteiger partial charge in [0.05, 0.1) is 21.8 Å². The summed E-state index contributed by atoms with van der Waals surface area (Å²) in [5, 5.41) is 16.5. The molecule has 2 aromatic rings. The lowest BCUT2D eigenvalue weighted by Crippen LogP contribution is -2.38. The van der Waals surface area contributed by atoms with E-state index < -0.39 is 12.2 Å². The standard InChI is InChI=1S/C20H24Cl2N2O3/c1-20(2,3)23-11-17(25)14-9-15(21)18(16(22)10-14)24-19(26)27-12-13-7-5-4-6-8-13/h4-10,17,23,25H,11-12H2,1-3H3,(H,24,26). The molecule has 0 saturated carbocycles. The zero-order valence-corrected chi connectivity index (χ0v) is 17.1. The van der Waals surface area contributed by atoms with Gasteiger partial charge in [0, 0.05) is 12.1 Å². The fraction of sp³-hybridized carbons (Fsp3) is 0.350. The first kappa shape index (κ1) is 21.5. The molecule has 0 bridgehead atoms. The van der Waals surface area contributed by atoms with E-state index in [2.05, 4.69) is 10.6 Å². The number of carbonyl (C=O) groups excluding carboxylic acids is 1. The molecule has 1 unspecified atom stereocenters. The van der Waals surface area contributed by atoms with Crippen molar-refractivity contribution in [3.63, 3.8) is 0 Å². The minimum atomic E-state index is -0.779. The minimum absolute atomic E-state index is 0.126. The highest BCUT2D eigenvalue weighted by molar-refractivity contribution is 6.39. The summed E-state index contributed by atoms with van der Waals surface area (Å²) < 4.78 is 5.17. The van der Waals surface area contributed by atoms with E-state index >= 15 is 0 Å². The van der Waals surface area contributed by atoms with E-state index in [4.69, 9.17) is 27.9 Å². The summed E-state index contributed by atoms with van der Waals surface area (Å²) in [5.74, 6) is 0. The van der Waals surface area contributed by atoms with E-state index in [0.717, 1.165) is 5.56 Å². The molecule has 0 radical (unpaired) electrons. The average molecular weight is 411 g/mol. The number of hydrogen-bond acceptors (Lipinski definition) is 4. The molecule has 0 aliphatic heterocycles. The first-order valence-electron chi connectivity index (χ1n) is 8.55. The average Bonchev–Trinajstić information content (AvgIpc) is 2.61. The lowest BCUT2D eigenvalue weighted by molar-refractivity contribution is 0.155. The third kappa shape index (κ3) is 7.03. The molecule has 1 atom stereocenters. The second-order valence-corrected chi connectivity index (χ2v) is 8.01. The van der Waals surface area contributed by atoms with Gasteiger partial charge in [-0.3, -0.25) is 5.32 Å². The molecule has 27 heavy (non-hydrogen) atoms. The van der Waals surface area contributed by atoms with Crippen molar-refractivity contribution in [1.29, 1.82) is 0 Å². The van der Waals surface area contributed by atoms with E-state index in [-0.39, 0.29) is 27.9 Å². The highest BCUT2D eigenvalue weighted by atomic mass is 35.5. The van der Waals surface area contributed by atoms with Crippen LogP contribution in [0.4, 0.5) is 10.5 Å². The molecule has 0 aromatic heterocycles. The number of ether oxygens (including phenoxy) is 1. The normalized spacial score (nSPS) is 12.5. The maximum absolute atomic E-state index is 12.0. The molecular formula is C20H24Cl2N2O3. The molecule has 0 fully saturated rings. The maximum Gasteiger partial charge on any atom is 0.412 e. The van der Waals surface area contributed by atoms with Gasteiger partial charge >= 0.3 is 6.09 Å². The van der Waals surface area contributed by atoms with Gasteiger partial charge in [-0.15, -0.1) is 0 Å². The van der Waals surface area contributed by atoms with Crippen molar-refractivity contribution >= 4 is 35.0 Å². The smallest absolute Gasteiger partial charge is 0.412 e. The topological polar surface area (TPSA) is 70.6 Å². The molecule has 5 nitrogen and oxygen atoms in total. The Labute approximate surface area is 169 Å². The summed E-state index contributed by atoms with van der Waals surface area (Å²) in [5.41, 5.74) is 1.55. The van der Waals surface area contributed by atoms with Crippen LogP contribution >= 0.6 is 23.2 Å². The molecule has 0 heterocycles. The maximum atomic E-state index is 12.0. The lowest BCUT2D eigenvalue weighted by Gasteiger charge is -2.23. The highest BCUT2D eigenvalue weighted by Crippen LogP contribution is 2.34. The number of hydrogen-bond donors (Lipinski definition) is 3. The number of benzene rings is 2. The van der Waals surface area contributed by atoms with Crippen molar-refractivity contribution in [2.24, 2.45) is 0 Å². The van der Waals surface area contributed by atoms with Crippen molar-refractivity contribution in [3.05, 3.63) is 63.6 Å². The fourth-order valence-electron chi connectivity index (χ4n) is 2.29. The van der Waals surface area contributed by atoms with Crippen LogP contribution in [0, 0.1) is 0 Å². The number of β-amino-alcohol motifs (C(OH)–C–C–N with tert-alkyl or cyclic N) is 1. The summed E-state index contributed by atoms with van der Waals surface area (Å²) in [6.45, 7) is 6.51. The monoisotopic (exact) mass is 410 g/mol. The zero-order chi connectivity index (χ0) is 20.0. The minimum Gasteiger partial charge on any atom is -0.444 e. The number of anilines is 1. The van der Waals surface area contributed by atoms with Crippen molar-refractivity contribution in [2.75, 3.05) is 11.9 Å². The van der Waals surface area contributed by atoms with Crippen molar-refractivity contribution in [2.45, 2.75) is 39.0 Å². The number of carbonyl (C=O) groups is 1. The van der Waals surface area contributed by atoms with Crippen molar-refractivity contribution in [1.82, 2.24) is 5.32 Å². The van der Waals surface area contributed by atoms with Crippen LogP contribution in [0.15, 0.2) is 42.5 Å². The number of halogens is 2. The Kier molecular flexibility index (Phi) is 7.50. The molecule has 2 aromatic carbocycles. The predicted octanol–water partition coefficient (Wildman–Crippen LogP) is 5.16. The van der Waals surface area contributed by atoms with Crippen LogP contribution in [0.25, 0.3) is 0 Å². The molecule has 0 saturated heterocycles. The molecule has 146 valence electrons. The SMILES string of the molecule is CC(C)(C)NCC(O)c1cc(Cl)c(NC(=O)OCc2ccccc2)c(Cl)c1. The number of aliphatic hydroxyl groups excluding tert-OH is 1. The van der Waals surface area contributed by atoms with Gasteiger partial charge in [-0.1, -0.05) is 53.5 Å². The molecule has 7 heteroatoms. The van der Waals surface area contributed by atoms with Gasteiger partial charge in [-0.05, 0) is 44.0 Å². The van der Waals surface area contributed by atoms with Crippen LogP contribution < -0.4 is 10.6 Å². The first-order chi connectivity index (χ1) is 12.7. The largest absolute Gasteiger partial charge is 0.444 e. The highest BCUT2D eigenvalue weighted by Gasteiger charge is 2.18. The second-order valence-electron chi connectivity index (χ2n) is 7.19. The third-order valence-corrected chi connectivity index (χ3v) is 4.31. The Balaban J connectivity index is 2.00. The molecule has 0 aliphatic carbocycles. The van der Waals surface area contributed by atoms with Crippen LogP contribution in [0.2, 0.25) is 10.0 Å². The van der Waals surface area contributed by atoms with Crippen LogP contribution in [0.3, 0.4) is 0 Å². The van der Waals surface area contributed by atoms with Gasteiger partial charge in [-0.2, -0.15) is 0 Å². The van der Waals surface area contributed by atoms with E-state index in [1.165, 1.54) is 0 Å². The number of nitrogens with one attached hydrogen (secondary N) is 2. The van der Waals surface area contributed by atoms with Gasteiger partial charge in [-0.25, -0.2) is 4.79 Å². The molecule has 0 spiro atoms. The van der Waals surface area contributed by atoms with E-state index in [9.17, 15) is 9.90 Å². The predicted molar refractivity (Wildman–Crippen MR) is 109 cm³/mol. The van der Waals surface area contributed by atoms with Crippen LogP contribution in [0.1, 0.15) is 38.0 Å². The van der Waals surface area contributed by atoms with Crippen molar-refractivity contribution < 1.29 is 14.6 Å². The first-order valence-corrected chi connectivity index (χ1v) is 9.31. The summed E-state index contributed by atoms with van der Waals surface area (Å²) in [6.07, 6.45) is -1.44. The Morgan fingerprint density at radius 2 is 1.74 bits per heavy atom. The van der Waals surface area contributed by atoms with Gasteiger partial charge in [0.2, 0.25) is 0 Å². The lowest BCUT2D eigenvalue weighted by atomic mass is 10.1. The van der Waals surface area contributed by atoms with Crippen LogP contribution in [-0.4, -0.2) is 23.3 Å². The van der Waals surface area contributed by atoms with Gasteiger partial charge < -0.3 is 15.2 Å². The van der Waals surface area contributed by atoms with Crippen LogP contribution in [0.5, 0.6) is 0 Å². The van der Waals surface area contributed by atoms with E-state index in [1.54, 1.807) is 12.1 Å². The molecule has 3 N–H and O–H groups in total. The number of amides is 1. The number of rotatable bonds is 6. The van der Waals surface area contributed by atoms with E-state index in [1.807, 2.05) is 51.1 Å². The molecule has 1 amide bonds. The van der Waals surface area contributed by atoms with Gasteiger partial charge in [0.25, 0.3) is 0 Å².